The normalized spacial score (nSPS) is 18.6. The number of unbranched alkanes of at least 4 members (excludes halogenated alkanes) is 2. The summed E-state index contributed by atoms with van der Waals surface area (Å²) in [4.78, 5) is 59.2. The number of benzene rings is 2. The number of alkyl halides is 1. The predicted octanol–water partition coefficient (Wildman–Crippen LogP) is 5.59. The maximum Gasteiger partial charge on any atom is 0.253 e. The summed E-state index contributed by atoms with van der Waals surface area (Å²) in [6.07, 6.45) is 2.65. The van der Waals surface area contributed by atoms with Gasteiger partial charge in [-0.2, -0.15) is 0 Å². The molecule has 5 rings (SSSR count). The van der Waals surface area contributed by atoms with Gasteiger partial charge in [0.2, 0.25) is 5.91 Å². The number of carbonyl (C=O) groups excluding carboxylic acids is 4. The Kier molecular flexibility index (Phi) is 12.2. The summed E-state index contributed by atoms with van der Waals surface area (Å²) < 4.78 is 61.1. The van der Waals surface area contributed by atoms with Crippen LogP contribution in [0.5, 0.6) is 0 Å². The van der Waals surface area contributed by atoms with Gasteiger partial charge in [-0.05, 0) is 61.1 Å². The summed E-state index contributed by atoms with van der Waals surface area (Å²) in [5.74, 6) is -4.22. The van der Waals surface area contributed by atoms with Crippen LogP contribution in [0.2, 0.25) is 0 Å². The van der Waals surface area contributed by atoms with E-state index in [1.807, 2.05) is 20.8 Å². The van der Waals surface area contributed by atoms with E-state index in [2.05, 4.69) is 0 Å². The molecule has 3 heterocycles. The molecule has 1 N–H and O–H groups in total. The molecule has 14 heteroatoms. The highest BCUT2D eigenvalue weighted by atomic mass is 19.1. The maximum atomic E-state index is 15.8. The third kappa shape index (κ3) is 9.39. The number of imidazole rings is 1. The summed E-state index contributed by atoms with van der Waals surface area (Å²) in [6.45, 7) is 6.70. The minimum atomic E-state index is -1.49. The lowest BCUT2D eigenvalue weighted by Crippen LogP contribution is -2.49. The quantitative estimate of drug-likeness (QED) is 0.131. The van der Waals surface area contributed by atoms with Gasteiger partial charge < -0.3 is 19.5 Å². The third-order valence-electron chi connectivity index (χ3n) is 9.59. The number of halogens is 4. The number of imide groups is 1. The summed E-state index contributed by atoms with van der Waals surface area (Å²) >= 11 is 0. The minimum absolute atomic E-state index is 0.0143. The van der Waals surface area contributed by atoms with Crippen molar-refractivity contribution in [3.63, 3.8) is 0 Å². The van der Waals surface area contributed by atoms with Crippen molar-refractivity contribution in [2.24, 2.45) is 11.3 Å². The molecule has 0 saturated carbocycles. The van der Waals surface area contributed by atoms with Gasteiger partial charge in [0.15, 0.2) is 0 Å². The summed E-state index contributed by atoms with van der Waals surface area (Å²) in [7, 11) is 0. The number of aromatic nitrogens is 2. The van der Waals surface area contributed by atoms with E-state index in [0.29, 0.717) is 24.8 Å². The lowest BCUT2D eigenvalue weighted by Gasteiger charge is -2.41. The lowest BCUT2D eigenvalue weighted by molar-refractivity contribution is -0.146. The van der Waals surface area contributed by atoms with E-state index in [4.69, 9.17) is 4.98 Å². The molecule has 3 aromatic rings. The molecule has 1 saturated heterocycles. The highest BCUT2D eigenvalue weighted by molar-refractivity contribution is 6.12. The zero-order valence-electron chi connectivity index (χ0n) is 30.3. The van der Waals surface area contributed by atoms with E-state index in [0.717, 1.165) is 23.1 Å². The van der Waals surface area contributed by atoms with E-state index in [9.17, 15) is 33.1 Å². The molecule has 1 aromatic heterocycles. The van der Waals surface area contributed by atoms with Gasteiger partial charge in [-0.25, -0.2) is 22.5 Å². The third-order valence-corrected chi connectivity index (χ3v) is 9.59. The monoisotopic (exact) mass is 739 g/mol. The molecule has 10 nitrogen and oxygen atoms in total. The lowest BCUT2D eigenvalue weighted by atomic mass is 9.84. The van der Waals surface area contributed by atoms with Crippen molar-refractivity contribution in [3.8, 4) is 11.3 Å². The van der Waals surface area contributed by atoms with Crippen LogP contribution in [0.4, 0.5) is 17.6 Å². The van der Waals surface area contributed by atoms with Crippen LogP contribution in [-0.2, 0) is 25.7 Å². The second-order valence-electron chi connectivity index (χ2n) is 14.8. The average molecular weight is 740 g/mol. The fraction of sp³-hybridized carbons (Fsp3) is 0.462. The first-order chi connectivity index (χ1) is 25.0. The van der Waals surface area contributed by atoms with E-state index in [-0.39, 0.29) is 73.9 Å². The van der Waals surface area contributed by atoms with Gasteiger partial charge in [0.25, 0.3) is 17.7 Å². The van der Waals surface area contributed by atoms with Crippen LogP contribution >= 0.6 is 0 Å². The van der Waals surface area contributed by atoms with Gasteiger partial charge >= 0.3 is 0 Å². The zero-order chi connectivity index (χ0) is 38.6. The molecule has 2 aromatic carbocycles. The molecule has 1 unspecified atom stereocenters. The van der Waals surface area contributed by atoms with Crippen molar-refractivity contribution in [3.05, 3.63) is 89.7 Å². The average Bonchev–Trinajstić information content (AvgIpc) is 3.76. The minimum Gasteiger partial charge on any atom is -0.384 e. The van der Waals surface area contributed by atoms with Crippen LogP contribution in [0, 0.1) is 28.8 Å². The Hall–Kier alpha value is -4.85. The fourth-order valence-corrected chi connectivity index (χ4v) is 6.98. The molecule has 0 spiro atoms. The molecule has 1 fully saturated rings. The first-order valence-electron chi connectivity index (χ1n) is 17.7. The second kappa shape index (κ2) is 16.4. The largest absolute Gasteiger partial charge is 0.384 e. The maximum absolute atomic E-state index is 15.8. The Labute approximate surface area is 306 Å². The van der Waals surface area contributed by atoms with Crippen LogP contribution < -0.4 is 0 Å². The van der Waals surface area contributed by atoms with Gasteiger partial charge in [0.1, 0.15) is 35.6 Å². The summed E-state index contributed by atoms with van der Waals surface area (Å²) in [6, 6.07) is 7.83. The standard InChI is InChI=1S/C39H45F4N5O5/c1-24(49)38(53)48(21-26-20-45(22-31(26)43)33(50)11-6-5-7-16-47-34(51)14-15-35(47)52)36(39(2,3)4)37-44-32(29-18-28(41)12-13-30(29)42)23-46(37)19-25-9-8-10-27(40)17-25/h8-10,12-15,17-18,23-24,26,31,36,49H,5-7,11,16,19-22H2,1-4H3/t24-,26?,31-,36-/m0/s1. The number of aliphatic hydroxyl groups is 1. The van der Waals surface area contributed by atoms with Crippen LogP contribution in [0.1, 0.15) is 70.8 Å². The van der Waals surface area contributed by atoms with Gasteiger partial charge in [-0.15, -0.1) is 0 Å². The van der Waals surface area contributed by atoms with Crippen molar-refractivity contribution in [2.45, 2.75) is 78.2 Å². The molecule has 0 radical (unpaired) electrons. The Morgan fingerprint density at radius 3 is 2.34 bits per heavy atom. The number of carbonyl (C=O) groups is 4. The van der Waals surface area contributed by atoms with Crippen LogP contribution in [-0.4, -0.2) is 91.4 Å². The molecule has 2 aliphatic heterocycles. The van der Waals surface area contributed by atoms with Crippen molar-refractivity contribution in [2.75, 3.05) is 26.2 Å². The van der Waals surface area contributed by atoms with E-state index < -0.39 is 53.0 Å². The number of amides is 4. The number of aliphatic hydroxyl groups excluding tert-OH is 1. The van der Waals surface area contributed by atoms with Crippen molar-refractivity contribution >= 4 is 23.6 Å². The number of hydrogen-bond donors (Lipinski definition) is 1. The number of rotatable bonds is 14. The first-order valence-corrected chi connectivity index (χ1v) is 17.7. The Morgan fingerprint density at radius 2 is 1.68 bits per heavy atom. The molecule has 2 aliphatic rings. The Bertz CT molecular complexity index is 1850. The first kappa shape index (κ1) is 39.4. The summed E-state index contributed by atoms with van der Waals surface area (Å²) in [5.41, 5.74) is -0.370. The molecule has 4 atom stereocenters. The highest BCUT2D eigenvalue weighted by Gasteiger charge is 2.44. The molecule has 0 bridgehead atoms. The van der Waals surface area contributed by atoms with E-state index >= 15 is 8.78 Å². The second-order valence-corrected chi connectivity index (χ2v) is 14.8. The van der Waals surface area contributed by atoms with Crippen LogP contribution in [0.15, 0.2) is 60.8 Å². The topological polar surface area (TPSA) is 116 Å². The zero-order valence-corrected chi connectivity index (χ0v) is 30.3. The van der Waals surface area contributed by atoms with Gasteiger partial charge in [-0.1, -0.05) is 39.3 Å². The number of likely N-dealkylation sites (tertiary alicyclic amines) is 1. The molecular weight excluding hydrogens is 694 g/mol. The Balaban J connectivity index is 1.39. The van der Waals surface area contributed by atoms with E-state index in [1.165, 1.54) is 53.3 Å². The molecule has 4 amide bonds. The van der Waals surface area contributed by atoms with Crippen LogP contribution in [0.3, 0.4) is 0 Å². The predicted molar refractivity (Wildman–Crippen MR) is 188 cm³/mol. The molecule has 53 heavy (non-hydrogen) atoms. The fourth-order valence-electron chi connectivity index (χ4n) is 6.98. The number of hydrogen-bond acceptors (Lipinski definition) is 6. The van der Waals surface area contributed by atoms with Crippen molar-refractivity contribution in [1.29, 1.82) is 0 Å². The Morgan fingerprint density at radius 1 is 0.981 bits per heavy atom. The molecule has 284 valence electrons. The van der Waals surface area contributed by atoms with Crippen LogP contribution in [0.25, 0.3) is 11.3 Å². The number of nitrogens with zero attached hydrogens (tertiary/aromatic N) is 5. The smallest absolute Gasteiger partial charge is 0.253 e. The van der Waals surface area contributed by atoms with E-state index in [1.54, 1.807) is 10.6 Å². The SMILES string of the molecule is C[C@H](O)C(=O)N(CC1CN(C(=O)CCCCCN2C(=O)C=CC2=O)C[C@@H]1F)[C@@H](c1nc(-c2cc(F)ccc2F)cn1Cc1cccc(F)c1)C(C)(C)C. The van der Waals surface area contributed by atoms with Gasteiger partial charge in [0, 0.05) is 62.4 Å². The molecular formula is C39H45F4N5O5. The van der Waals surface area contributed by atoms with Crippen molar-refractivity contribution in [1.82, 2.24) is 24.3 Å². The molecule has 0 aliphatic carbocycles. The van der Waals surface area contributed by atoms with Gasteiger partial charge in [0.05, 0.1) is 18.3 Å². The van der Waals surface area contributed by atoms with Gasteiger partial charge in [-0.3, -0.25) is 24.1 Å². The van der Waals surface area contributed by atoms with Crippen molar-refractivity contribution < 1.29 is 41.8 Å². The highest BCUT2D eigenvalue weighted by Crippen LogP contribution is 2.41. The summed E-state index contributed by atoms with van der Waals surface area (Å²) in [5, 5.41) is 10.6.